The Hall–Kier alpha value is -1.34. The molecule has 0 saturated carbocycles. The van der Waals surface area contributed by atoms with Crippen molar-refractivity contribution in [2.75, 3.05) is 0 Å². The maximum atomic E-state index is 14.0. The van der Waals surface area contributed by atoms with Crippen molar-refractivity contribution in [3.05, 3.63) is 58.4 Å². The summed E-state index contributed by atoms with van der Waals surface area (Å²) >= 11 is 6.04. The number of aryl methyl sites for hydroxylation is 2. The Morgan fingerprint density at radius 2 is 1.56 bits per heavy atom. The molecule has 0 radical (unpaired) electrons. The van der Waals surface area contributed by atoms with Gasteiger partial charge in [0, 0.05) is 5.56 Å². The Labute approximate surface area is 99.7 Å². The summed E-state index contributed by atoms with van der Waals surface area (Å²) in [5.74, 6) is -0.239. The third-order valence-electron chi connectivity index (χ3n) is 2.62. The van der Waals surface area contributed by atoms with Gasteiger partial charge in [-0.15, -0.1) is 0 Å². The van der Waals surface area contributed by atoms with E-state index in [1.807, 2.05) is 31.2 Å². The van der Waals surface area contributed by atoms with Gasteiger partial charge in [-0.1, -0.05) is 47.5 Å². The topological polar surface area (TPSA) is 0 Å². The van der Waals surface area contributed by atoms with Crippen LogP contribution >= 0.6 is 11.6 Å². The molecule has 0 aromatic heterocycles. The molecule has 0 saturated heterocycles. The first-order chi connectivity index (χ1) is 7.59. The van der Waals surface area contributed by atoms with Crippen LogP contribution in [-0.2, 0) is 0 Å². The average Bonchev–Trinajstić information content (AvgIpc) is 2.27. The van der Waals surface area contributed by atoms with E-state index in [1.54, 1.807) is 19.1 Å². The van der Waals surface area contributed by atoms with Gasteiger partial charge in [-0.3, -0.25) is 0 Å². The molecule has 2 rings (SSSR count). The molecule has 0 fully saturated rings. The number of benzene rings is 2. The minimum atomic E-state index is -0.239. The van der Waals surface area contributed by atoms with Crippen molar-refractivity contribution in [3.63, 3.8) is 0 Å². The first-order valence-corrected chi connectivity index (χ1v) is 5.49. The maximum absolute atomic E-state index is 14.0. The van der Waals surface area contributed by atoms with Crippen LogP contribution in [0.3, 0.4) is 0 Å². The summed E-state index contributed by atoms with van der Waals surface area (Å²) in [6.45, 7) is 3.74. The lowest BCUT2D eigenvalue weighted by Gasteiger charge is -2.08. The second-order valence-electron chi connectivity index (χ2n) is 3.92. The Morgan fingerprint density at radius 1 is 0.938 bits per heavy atom. The Balaban J connectivity index is 2.63. The Kier molecular flexibility index (Phi) is 2.97. The average molecular weight is 235 g/mol. The van der Waals surface area contributed by atoms with E-state index in [9.17, 15) is 4.39 Å². The van der Waals surface area contributed by atoms with Gasteiger partial charge in [0.25, 0.3) is 0 Å². The molecule has 0 N–H and O–H groups in total. The van der Waals surface area contributed by atoms with Crippen molar-refractivity contribution < 1.29 is 4.39 Å². The highest BCUT2D eigenvalue weighted by molar-refractivity contribution is 6.33. The van der Waals surface area contributed by atoms with Crippen LogP contribution in [0.1, 0.15) is 11.1 Å². The van der Waals surface area contributed by atoms with E-state index in [2.05, 4.69) is 0 Å². The van der Waals surface area contributed by atoms with Crippen molar-refractivity contribution in [3.8, 4) is 11.1 Å². The molecule has 0 spiro atoms. The minimum absolute atomic E-state index is 0.239. The van der Waals surface area contributed by atoms with Gasteiger partial charge in [0.1, 0.15) is 5.82 Å². The molecule has 0 aliphatic heterocycles. The zero-order valence-electron chi connectivity index (χ0n) is 9.22. The Bertz CT molecular complexity index is 515. The highest BCUT2D eigenvalue weighted by Crippen LogP contribution is 2.32. The smallest absolute Gasteiger partial charge is 0.135 e. The van der Waals surface area contributed by atoms with E-state index < -0.39 is 0 Å². The van der Waals surface area contributed by atoms with E-state index >= 15 is 0 Å². The van der Waals surface area contributed by atoms with Crippen molar-refractivity contribution in [1.29, 1.82) is 0 Å². The molecule has 2 aromatic rings. The lowest BCUT2D eigenvalue weighted by atomic mass is 10.0. The molecule has 0 amide bonds. The zero-order chi connectivity index (χ0) is 11.7. The summed E-state index contributed by atoms with van der Waals surface area (Å²) in [5, 5.41) is 0.451. The summed E-state index contributed by atoms with van der Waals surface area (Å²) in [7, 11) is 0. The second-order valence-corrected chi connectivity index (χ2v) is 4.33. The summed E-state index contributed by atoms with van der Waals surface area (Å²) in [4.78, 5) is 0. The Morgan fingerprint density at radius 3 is 2.19 bits per heavy atom. The van der Waals surface area contributed by atoms with E-state index in [1.165, 1.54) is 0 Å². The number of hydrogen-bond acceptors (Lipinski definition) is 0. The molecule has 0 aliphatic carbocycles. The molecule has 0 bridgehead atoms. The van der Waals surface area contributed by atoms with Crippen LogP contribution in [0.15, 0.2) is 36.4 Å². The number of rotatable bonds is 1. The van der Waals surface area contributed by atoms with E-state index in [0.717, 1.165) is 11.1 Å². The summed E-state index contributed by atoms with van der Waals surface area (Å²) in [6.07, 6.45) is 0. The van der Waals surface area contributed by atoms with Gasteiger partial charge in [0.05, 0.1) is 5.02 Å². The fourth-order valence-electron chi connectivity index (χ4n) is 1.64. The highest BCUT2D eigenvalue weighted by Gasteiger charge is 2.11. The van der Waals surface area contributed by atoms with Gasteiger partial charge in [-0.25, -0.2) is 4.39 Å². The molecular weight excluding hydrogens is 223 g/mol. The van der Waals surface area contributed by atoms with Crippen molar-refractivity contribution in [2.24, 2.45) is 0 Å². The summed E-state index contributed by atoms with van der Waals surface area (Å²) in [5.41, 5.74) is 3.06. The fraction of sp³-hybridized carbons (Fsp3) is 0.143. The van der Waals surface area contributed by atoms with Crippen LogP contribution in [0.25, 0.3) is 11.1 Å². The third-order valence-corrected chi connectivity index (χ3v) is 2.94. The molecule has 2 aromatic carbocycles. The van der Waals surface area contributed by atoms with E-state index in [-0.39, 0.29) is 5.82 Å². The number of hydrogen-bond donors (Lipinski definition) is 0. The monoisotopic (exact) mass is 234 g/mol. The molecular formula is C14H12ClF. The lowest BCUT2D eigenvalue weighted by Crippen LogP contribution is -1.90. The third kappa shape index (κ3) is 1.96. The van der Waals surface area contributed by atoms with Gasteiger partial charge in [0.15, 0.2) is 0 Å². The van der Waals surface area contributed by atoms with Crippen LogP contribution in [0.5, 0.6) is 0 Å². The first kappa shape index (κ1) is 11.2. The summed E-state index contributed by atoms with van der Waals surface area (Å²) in [6, 6.07) is 11.1. The van der Waals surface area contributed by atoms with Gasteiger partial charge in [-0.2, -0.15) is 0 Å². The van der Waals surface area contributed by atoms with Gasteiger partial charge in [-0.05, 0) is 31.0 Å². The predicted molar refractivity (Wildman–Crippen MR) is 66.3 cm³/mol. The molecule has 0 atom stereocenters. The molecule has 0 unspecified atom stereocenters. The fourth-order valence-corrected chi connectivity index (χ4v) is 1.90. The zero-order valence-corrected chi connectivity index (χ0v) is 9.98. The first-order valence-electron chi connectivity index (χ1n) is 5.11. The number of halogens is 2. The van der Waals surface area contributed by atoms with E-state index in [0.29, 0.717) is 16.1 Å². The predicted octanol–water partition coefficient (Wildman–Crippen LogP) is 4.76. The molecule has 16 heavy (non-hydrogen) atoms. The SMILES string of the molecule is Cc1ccc(-c2c(Cl)ccc(C)c2F)cc1. The standard InChI is InChI=1S/C14H12ClF/c1-9-3-6-11(7-4-9)13-12(15)8-5-10(2)14(13)16/h3-8H,1-2H3. The normalized spacial score (nSPS) is 10.5. The van der Waals surface area contributed by atoms with Crippen LogP contribution < -0.4 is 0 Å². The van der Waals surface area contributed by atoms with Crippen molar-refractivity contribution in [1.82, 2.24) is 0 Å². The molecule has 0 heterocycles. The quantitative estimate of drug-likeness (QED) is 0.667. The van der Waals surface area contributed by atoms with Crippen LogP contribution in [0.2, 0.25) is 5.02 Å². The van der Waals surface area contributed by atoms with Crippen molar-refractivity contribution in [2.45, 2.75) is 13.8 Å². The second kappa shape index (κ2) is 4.26. The highest BCUT2D eigenvalue weighted by atomic mass is 35.5. The van der Waals surface area contributed by atoms with Gasteiger partial charge >= 0.3 is 0 Å². The molecule has 2 heteroatoms. The van der Waals surface area contributed by atoms with Crippen molar-refractivity contribution >= 4 is 11.6 Å². The van der Waals surface area contributed by atoms with Gasteiger partial charge in [0.2, 0.25) is 0 Å². The molecule has 0 aliphatic rings. The van der Waals surface area contributed by atoms with E-state index in [4.69, 9.17) is 11.6 Å². The minimum Gasteiger partial charge on any atom is -0.206 e. The van der Waals surface area contributed by atoms with Crippen LogP contribution in [-0.4, -0.2) is 0 Å². The molecule has 0 nitrogen and oxygen atoms in total. The largest absolute Gasteiger partial charge is 0.206 e. The molecule has 82 valence electrons. The van der Waals surface area contributed by atoms with Gasteiger partial charge < -0.3 is 0 Å². The van der Waals surface area contributed by atoms with Crippen LogP contribution in [0.4, 0.5) is 4.39 Å². The lowest BCUT2D eigenvalue weighted by molar-refractivity contribution is 0.622. The maximum Gasteiger partial charge on any atom is 0.135 e. The van der Waals surface area contributed by atoms with Crippen LogP contribution in [0, 0.1) is 19.7 Å². The summed E-state index contributed by atoms with van der Waals surface area (Å²) < 4.78 is 14.0.